The average molecular weight is 304 g/mol. The van der Waals surface area contributed by atoms with Crippen LogP contribution in [0.5, 0.6) is 0 Å². The molecule has 0 radical (unpaired) electrons. The van der Waals surface area contributed by atoms with Crippen LogP contribution < -0.4 is 5.32 Å². The Labute approximate surface area is 131 Å². The number of rotatable bonds is 3. The Hall–Kier alpha value is -1.43. The summed E-state index contributed by atoms with van der Waals surface area (Å²) >= 11 is 0. The number of hydrogen-bond acceptors (Lipinski definition) is 4. The van der Waals surface area contributed by atoms with Crippen molar-refractivity contribution in [3.05, 3.63) is 35.9 Å². The van der Waals surface area contributed by atoms with Gasteiger partial charge >= 0.3 is 0 Å². The van der Waals surface area contributed by atoms with Gasteiger partial charge in [0.25, 0.3) is 5.91 Å². The van der Waals surface area contributed by atoms with Gasteiger partial charge in [-0.25, -0.2) is 0 Å². The van der Waals surface area contributed by atoms with Gasteiger partial charge < -0.3 is 20.1 Å². The molecule has 2 aliphatic rings. The van der Waals surface area contributed by atoms with Gasteiger partial charge in [-0.05, 0) is 24.3 Å². The first-order valence-corrected chi connectivity index (χ1v) is 8.10. The number of nitrogens with zero attached hydrogens (tertiary/aromatic N) is 1. The van der Waals surface area contributed by atoms with Crippen LogP contribution in [0.2, 0.25) is 0 Å². The second kappa shape index (κ2) is 7.22. The second-order valence-corrected chi connectivity index (χ2v) is 6.08. The van der Waals surface area contributed by atoms with Crippen LogP contribution in [-0.2, 0) is 9.53 Å². The van der Waals surface area contributed by atoms with Crippen LogP contribution in [0.25, 0.3) is 0 Å². The number of ether oxygens (including phenoxy) is 1. The molecule has 0 spiro atoms. The lowest BCUT2D eigenvalue weighted by Gasteiger charge is -2.36. The molecule has 2 atom stereocenters. The van der Waals surface area contributed by atoms with Crippen molar-refractivity contribution in [2.24, 2.45) is 5.92 Å². The first kappa shape index (κ1) is 15.5. The summed E-state index contributed by atoms with van der Waals surface area (Å²) in [6.07, 6.45) is 0.888. The smallest absolute Gasteiger partial charge is 0.253 e. The zero-order valence-electron chi connectivity index (χ0n) is 12.8. The van der Waals surface area contributed by atoms with Crippen molar-refractivity contribution >= 4 is 5.91 Å². The highest BCUT2D eigenvalue weighted by atomic mass is 16.5. The number of morpholine rings is 1. The maximum atomic E-state index is 12.4. The zero-order valence-corrected chi connectivity index (χ0v) is 12.8. The molecular weight excluding hydrogens is 280 g/mol. The van der Waals surface area contributed by atoms with Gasteiger partial charge in [-0.15, -0.1) is 0 Å². The Morgan fingerprint density at radius 2 is 2.00 bits per heavy atom. The molecule has 22 heavy (non-hydrogen) atoms. The molecule has 1 amide bonds. The number of aliphatic hydroxyl groups excluding tert-OH is 1. The highest BCUT2D eigenvalue weighted by Crippen LogP contribution is 2.30. The van der Waals surface area contributed by atoms with Crippen LogP contribution in [0.3, 0.4) is 0 Å². The Bertz CT molecular complexity index is 480. The van der Waals surface area contributed by atoms with E-state index in [4.69, 9.17) is 4.74 Å². The van der Waals surface area contributed by atoms with Gasteiger partial charge in [0.15, 0.2) is 0 Å². The molecule has 2 N–H and O–H groups in total. The summed E-state index contributed by atoms with van der Waals surface area (Å²) < 4.78 is 5.53. The van der Waals surface area contributed by atoms with E-state index in [-0.39, 0.29) is 17.9 Å². The number of carbonyl (C=O) groups is 1. The first-order valence-electron chi connectivity index (χ1n) is 8.10. The maximum absolute atomic E-state index is 12.4. The topological polar surface area (TPSA) is 61.8 Å². The van der Waals surface area contributed by atoms with Crippen LogP contribution in [-0.4, -0.2) is 54.8 Å². The average Bonchev–Trinajstić information content (AvgIpc) is 2.62. The Balaban J connectivity index is 1.52. The van der Waals surface area contributed by atoms with Gasteiger partial charge in [0, 0.05) is 26.2 Å². The molecule has 2 unspecified atom stereocenters. The molecule has 120 valence electrons. The normalized spacial score (nSPS) is 25.0. The molecule has 0 aliphatic carbocycles. The molecule has 2 fully saturated rings. The minimum Gasteiger partial charge on any atom is -0.388 e. The third-order valence-corrected chi connectivity index (χ3v) is 4.64. The summed E-state index contributed by atoms with van der Waals surface area (Å²) in [4.78, 5) is 14.3. The molecule has 0 aromatic heterocycles. The largest absolute Gasteiger partial charge is 0.388 e. The van der Waals surface area contributed by atoms with E-state index >= 15 is 0 Å². The van der Waals surface area contributed by atoms with E-state index in [1.54, 1.807) is 0 Å². The minimum atomic E-state index is -0.439. The highest BCUT2D eigenvalue weighted by molar-refractivity contribution is 5.81. The van der Waals surface area contributed by atoms with Crippen LogP contribution in [0.15, 0.2) is 30.3 Å². The van der Waals surface area contributed by atoms with E-state index in [1.807, 2.05) is 35.2 Å². The molecule has 0 bridgehead atoms. The molecule has 2 heterocycles. The van der Waals surface area contributed by atoms with Gasteiger partial charge in [-0.3, -0.25) is 4.79 Å². The molecular formula is C17H24N2O3. The summed E-state index contributed by atoms with van der Waals surface area (Å²) in [5.74, 6) is 0.303. The van der Waals surface area contributed by atoms with Gasteiger partial charge in [0.05, 0.1) is 12.7 Å². The van der Waals surface area contributed by atoms with Crippen LogP contribution >= 0.6 is 0 Å². The van der Waals surface area contributed by atoms with Crippen molar-refractivity contribution in [1.82, 2.24) is 10.2 Å². The van der Waals surface area contributed by atoms with Crippen molar-refractivity contribution in [1.29, 1.82) is 0 Å². The van der Waals surface area contributed by atoms with Crippen molar-refractivity contribution < 1.29 is 14.6 Å². The molecule has 1 aromatic rings. The van der Waals surface area contributed by atoms with E-state index in [2.05, 4.69) is 5.32 Å². The van der Waals surface area contributed by atoms with Gasteiger partial charge in [-0.2, -0.15) is 0 Å². The quantitative estimate of drug-likeness (QED) is 0.873. The standard InChI is InChI=1S/C17H24N2O3/c20-16(13-4-2-1-3-5-13)14-6-9-19(10-7-14)17(21)15-12-18-8-11-22-15/h1-5,14-16,18,20H,6-12H2. The first-order chi connectivity index (χ1) is 10.8. The van der Waals surface area contributed by atoms with Crippen molar-refractivity contribution in [2.75, 3.05) is 32.8 Å². The van der Waals surface area contributed by atoms with Crippen molar-refractivity contribution in [2.45, 2.75) is 25.0 Å². The third kappa shape index (κ3) is 3.48. The Kier molecular flexibility index (Phi) is 5.08. The number of hydrogen-bond donors (Lipinski definition) is 2. The fourth-order valence-corrected chi connectivity index (χ4v) is 3.29. The van der Waals surface area contributed by atoms with E-state index in [9.17, 15) is 9.90 Å². The zero-order chi connectivity index (χ0) is 15.4. The Morgan fingerprint density at radius 3 is 2.64 bits per heavy atom. The van der Waals surface area contributed by atoms with E-state index in [1.165, 1.54) is 0 Å². The SMILES string of the molecule is O=C(C1CNCCO1)N1CCC(C(O)c2ccccc2)CC1. The number of nitrogens with one attached hydrogen (secondary N) is 1. The fourth-order valence-electron chi connectivity index (χ4n) is 3.29. The molecule has 2 aliphatic heterocycles. The lowest BCUT2D eigenvalue weighted by molar-refractivity contribution is -0.147. The molecule has 3 rings (SSSR count). The second-order valence-electron chi connectivity index (χ2n) is 6.08. The predicted molar refractivity (Wildman–Crippen MR) is 83.3 cm³/mol. The van der Waals surface area contributed by atoms with Crippen molar-refractivity contribution in [3.63, 3.8) is 0 Å². The molecule has 2 saturated heterocycles. The highest BCUT2D eigenvalue weighted by Gasteiger charge is 2.32. The number of likely N-dealkylation sites (tertiary alicyclic amines) is 1. The molecule has 0 saturated carbocycles. The number of carbonyl (C=O) groups excluding carboxylic acids is 1. The molecule has 5 nitrogen and oxygen atoms in total. The van der Waals surface area contributed by atoms with E-state index in [0.29, 0.717) is 26.2 Å². The minimum absolute atomic E-state index is 0.0832. The lowest BCUT2D eigenvalue weighted by atomic mass is 9.87. The third-order valence-electron chi connectivity index (χ3n) is 4.64. The summed E-state index contributed by atoms with van der Waals surface area (Å²) in [6.45, 7) is 3.42. The van der Waals surface area contributed by atoms with E-state index < -0.39 is 6.10 Å². The summed E-state index contributed by atoms with van der Waals surface area (Å²) in [6, 6.07) is 9.78. The van der Waals surface area contributed by atoms with Gasteiger partial charge in [-0.1, -0.05) is 30.3 Å². The number of benzene rings is 1. The monoisotopic (exact) mass is 304 g/mol. The fraction of sp³-hybridized carbons (Fsp3) is 0.588. The van der Waals surface area contributed by atoms with Crippen LogP contribution in [0.4, 0.5) is 0 Å². The van der Waals surface area contributed by atoms with E-state index in [0.717, 1.165) is 24.9 Å². The molecule has 5 heteroatoms. The number of piperidine rings is 1. The maximum Gasteiger partial charge on any atom is 0.253 e. The Morgan fingerprint density at radius 1 is 1.27 bits per heavy atom. The van der Waals surface area contributed by atoms with Crippen molar-refractivity contribution in [3.8, 4) is 0 Å². The van der Waals surface area contributed by atoms with Gasteiger partial charge in [0.1, 0.15) is 6.10 Å². The summed E-state index contributed by atoms with van der Waals surface area (Å²) in [7, 11) is 0. The van der Waals surface area contributed by atoms with Gasteiger partial charge in [0.2, 0.25) is 0 Å². The number of amides is 1. The van der Waals surface area contributed by atoms with Crippen LogP contribution in [0.1, 0.15) is 24.5 Å². The summed E-state index contributed by atoms with van der Waals surface area (Å²) in [5.41, 5.74) is 0.965. The number of aliphatic hydroxyl groups is 1. The molecule has 1 aromatic carbocycles. The predicted octanol–water partition coefficient (Wildman–Crippen LogP) is 0.947. The summed E-state index contributed by atoms with van der Waals surface area (Å²) in [5, 5.41) is 13.7. The lowest BCUT2D eigenvalue weighted by Crippen LogP contribution is -2.51. The van der Waals surface area contributed by atoms with Crippen LogP contribution in [0, 0.1) is 5.92 Å².